The second kappa shape index (κ2) is 4.77. The van der Waals surface area contributed by atoms with E-state index < -0.39 is 0 Å². The van der Waals surface area contributed by atoms with E-state index in [2.05, 4.69) is 0 Å². The minimum atomic E-state index is 0.120. The molecule has 13 heavy (non-hydrogen) atoms. The number of carbonyl (C=O) groups is 1. The summed E-state index contributed by atoms with van der Waals surface area (Å²) in [6, 6.07) is 7.73. The van der Waals surface area contributed by atoms with Gasteiger partial charge in [0.05, 0.1) is 0 Å². The Morgan fingerprint density at radius 2 is 2.23 bits per heavy atom. The Morgan fingerprint density at radius 1 is 1.46 bits per heavy atom. The van der Waals surface area contributed by atoms with Crippen LogP contribution in [0.4, 0.5) is 0 Å². The minimum absolute atomic E-state index is 0.120. The minimum Gasteiger partial charge on any atom is -0.330 e. The largest absolute Gasteiger partial charge is 0.330 e. The SMILES string of the molecule is CC(=O)c1cccc(CCCN)c1. The fraction of sp³-hybridized carbons (Fsp3) is 0.364. The Hall–Kier alpha value is -1.15. The first kappa shape index (κ1) is 9.93. The van der Waals surface area contributed by atoms with E-state index in [4.69, 9.17) is 5.73 Å². The van der Waals surface area contributed by atoms with Crippen LogP contribution >= 0.6 is 0 Å². The second-order valence-corrected chi connectivity index (χ2v) is 3.15. The Bertz CT molecular complexity index is 294. The third-order valence-corrected chi connectivity index (χ3v) is 2.00. The Labute approximate surface area is 78.8 Å². The number of benzene rings is 1. The van der Waals surface area contributed by atoms with Crippen molar-refractivity contribution in [1.82, 2.24) is 0 Å². The number of hydrogen-bond acceptors (Lipinski definition) is 2. The standard InChI is InChI=1S/C11H15NO/c1-9(13)11-6-2-4-10(8-11)5-3-7-12/h2,4,6,8H,3,5,7,12H2,1H3. The first-order chi connectivity index (χ1) is 6.24. The molecule has 0 amide bonds. The number of aryl methyl sites for hydroxylation is 1. The number of rotatable bonds is 4. The van der Waals surface area contributed by atoms with Crippen molar-refractivity contribution in [3.8, 4) is 0 Å². The molecule has 0 aliphatic heterocycles. The highest BCUT2D eigenvalue weighted by molar-refractivity contribution is 5.94. The average molecular weight is 177 g/mol. The highest BCUT2D eigenvalue weighted by atomic mass is 16.1. The van der Waals surface area contributed by atoms with Crippen LogP contribution in [-0.2, 0) is 6.42 Å². The van der Waals surface area contributed by atoms with Gasteiger partial charge in [0.15, 0.2) is 5.78 Å². The quantitative estimate of drug-likeness (QED) is 0.712. The molecule has 0 aliphatic carbocycles. The smallest absolute Gasteiger partial charge is 0.159 e. The molecule has 0 bridgehead atoms. The van der Waals surface area contributed by atoms with Gasteiger partial charge in [-0.3, -0.25) is 4.79 Å². The van der Waals surface area contributed by atoms with E-state index >= 15 is 0 Å². The number of nitrogens with two attached hydrogens (primary N) is 1. The van der Waals surface area contributed by atoms with Crippen LogP contribution in [-0.4, -0.2) is 12.3 Å². The molecular weight excluding hydrogens is 162 g/mol. The summed E-state index contributed by atoms with van der Waals surface area (Å²) in [5, 5.41) is 0. The molecule has 1 aromatic carbocycles. The molecule has 0 saturated heterocycles. The maximum absolute atomic E-state index is 11.0. The van der Waals surface area contributed by atoms with Gasteiger partial charge in [-0.25, -0.2) is 0 Å². The van der Waals surface area contributed by atoms with Gasteiger partial charge in [-0.15, -0.1) is 0 Å². The lowest BCUT2D eigenvalue weighted by molar-refractivity contribution is 0.101. The molecule has 0 unspecified atom stereocenters. The van der Waals surface area contributed by atoms with Crippen LogP contribution in [0.3, 0.4) is 0 Å². The van der Waals surface area contributed by atoms with Crippen LogP contribution in [0.5, 0.6) is 0 Å². The van der Waals surface area contributed by atoms with Gasteiger partial charge in [0, 0.05) is 5.56 Å². The van der Waals surface area contributed by atoms with Gasteiger partial charge >= 0.3 is 0 Å². The van der Waals surface area contributed by atoms with Gasteiger partial charge in [-0.05, 0) is 37.9 Å². The van der Waals surface area contributed by atoms with E-state index in [0.29, 0.717) is 6.54 Å². The van der Waals surface area contributed by atoms with Crippen molar-refractivity contribution in [2.45, 2.75) is 19.8 Å². The van der Waals surface area contributed by atoms with Crippen LogP contribution in [0.15, 0.2) is 24.3 Å². The van der Waals surface area contributed by atoms with E-state index in [1.54, 1.807) is 6.92 Å². The maximum Gasteiger partial charge on any atom is 0.159 e. The molecular formula is C11H15NO. The van der Waals surface area contributed by atoms with Gasteiger partial charge in [0.2, 0.25) is 0 Å². The maximum atomic E-state index is 11.0. The summed E-state index contributed by atoms with van der Waals surface area (Å²) in [4.78, 5) is 11.0. The molecule has 2 nitrogen and oxygen atoms in total. The van der Waals surface area contributed by atoms with Crippen LogP contribution < -0.4 is 5.73 Å². The molecule has 0 fully saturated rings. The number of Topliss-reactive ketones (excluding diaryl/α,β-unsaturated/α-hetero) is 1. The summed E-state index contributed by atoms with van der Waals surface area (Å²) in [6.07, 6.45) is 1.93. The first-order valence-electron chi connectivity index (χ1n) is 4.54. The molecule has 0 heterocycles. The van der Waals surface area contributed by atoms with E-state index in [1.165, 1.54) is 5.56 Å². The first-order valence-corrected chi connectivity index (χ1v) is 4.54. The summed E-state index contributed by atoms with van der Waals surface area (Å²) in [6.45, 7) is 2.28. The molecule has 0 saturated carbocycles. The predicted octanol–water partition coefficient (Wildman–Crippen LogP) is 1.78. The molecule has 70 valence electrons. The Morgan fingerprint density at radius 3 is 2.85 bits per heavy atom. The van der Waals surface area contributed by atoms with Crippen molar-refractivity contribution in [3.05, 3.63) is 35.4 Å². The van der Waals surface area contributed by atoms with Gasteiger partial charge in [0.25, 0.3) is 0 Å². The van der Waals surface area contributed by atoms with Crippen molar-refractivity contribution in [3.63, 3.8) is 0 Å². The van der Waals surface area contributed by atoms with Crippen molar-refractivity contribution >= 4 is 5.78 Å². The van der Waals surface area contributed by atoms with Crippen LogP contribution in [0.25, 0.3) is 0 Å². The molecule has 1 rings (SSSR count). The number of ketones is 1. The number of carbonyl (C=O) groups excluding carboxylic acids is 1. The third kappa shape index (κ3) is 2.99. The van der Waals surface area contributed by atoms with Gasteiger partial charge in [-0.1, -0.05) is 18.2 Å². The molecule has 2 heteroatoms. The van der Waals surface area contributed by atoms with Crippen molar-refractivity contribution in [2.75, 3.05) is 6.54 Å². The lowest BCUT2D eigenvalue weighted by Crippen LogP contribution is -2.01. The molecule has 0 atom stereocenters. The monoisotopic (exact) mass is 177 g/mol. The highest BCUT2D eigenvalue weighted by Gasteiger charge is 1.99. The van der Waals surface area contributed by atoms with Crippen LogP contribution in [0.1, 0.15) is 29.3 Å². The van der Waals surface area contributed by atoms with E-state index in [0.717, 1.165) is 18.4 Å². The normalized spacial score (nSPS) is 10.0. The van der Waals surface area contributed by atoms with E-state index in [-0.39, 0.29) is 5.78 Å². The summed E-state index contributed by atoms with van der Waals surface area (Å²) in [5.74, 6) is 0.120. The highest BCUT2D eigenvalue weighted by Crippen LogP contribution is 2.07. The zero-order chi connectivity index (χ0) is 9.68. The van der Waals surface area contributed by atoms with Crippen LogP contribution in [0.2, 0.25) is 0 Å². The van der Waals surface area contributed by atoms with Gasteiger partial charge in [-0.2, -0.15) is 0 Å². The van der Waals surface area contributed by atoms with Gasteiger partial charge in [0.1, 0.15) is 0 Å². The fourth-order valence-electron chi connectivity index (χ4n) is 1.25. The molecule has 0 radical (unpaired) electrons. The molecule has 0 aliphatic rings. The summed E-state index contributed by atoms with van der Waals surface area (Å²) < 4.78 is 0. The van der Waals surface area contributed by atoms with Crippen molar-refractivity contribution < 1.29 is 4.79 Å². The van der Waals surface area contributed by atoms with E-state index in [9.17, 15) is 4.79 Å². The topological polar surface area (TPSA) is 43.1 Å². The molecule has 0 aromatic heterocycles. The summed E-state index contributed by atoms with van der Waals surface area (Å²) in [5.41, 5.74) is 7.39. The lowest BCUT2D eigenvalue weighted by atomic mass is 10.0. The predicted molar refractivity (Wildman–Crippen MR) is 53.8 cm³/mol. The molecule has 1 aromatic rings. The molecule has 0 spiro atoms. The van der Waals surface area contributed by atoms with Gasteiger partial charge < -0.3 is 5.73 Å². The third-order valence-electron chi connectivity index (χ3n) is 2.00. The summed E-state index contributed by atoms with van der Waals surface area (Å²) >= 11 is 0. The average Bonchev–Trinajstić information content (AvgIpc) is 2.15. The summed E-state index contributed by atoms with van der Waals surface area (Å²) in [7, 11) is 0. The van der Waals surface area contributed by atoms with Crippen molar-refractivity contribution in [2.24, 2.45) is 5.73 Å². The van der Waals surface area contributed by atoms with Crippen LogP contribution in [0, 0.1) is 0 Å². The Balaban J connectivity index is 2.73. The lowest BCUT2D eigenvalue weighted by Gasteiger charge is -2.01. The number of hydrogen-bond donors (Lipinski definition) is 1. The Kier molecular flexibility index (Phi) is 3.65. The van der Waals surface area contributed by atoms with Crippen molar-refractivity contribution in [1.29, 1.82) is 0 Å². The fourth-order valence-corrected chi connectivity index (χ4v) is 1.25. The second-order valence-electron chi connectivity index (χ2n) is 3.15. The zero-order valence-electron chi connectivity index (χ0n) is 7.92. The van der Waals surface area contributed by atoms with E-state index in [1.807, 2.05) is 24.3 Å². The molecule has 2 N–H and O–H groups in total. The zero-order valence-corrected chi connectivity index (χ0v) is 7.92.